The lowest BCUT2D eigenvalue weighted by molar-refractivity contribution is -0.151. The Balaban J connectivity index is 1.40. The molecule has 2 amide bonds. The van der Waals surface area contributed by atoms with Crippen LogP contribution in [0.1, 0.15) is 47.6 Å². The molecular weight excluding hydrogens is 438 g/mol. The van der Waals surface area contributed by atoms with E-state index in [-0.39, 0.29) is 5.91 Å². The number of carbonyl (C=O) groups is 2. The molecule has 1 atom stereocenters. The molecular formula is C29H31N3O3. The van der Waals surface area contributed by atoms with Crippen molar-refractivity contribution in [2.45, 2.75) is 50.9 Å². The van der Waals surface area contributed by atoms with E-state index < -0.39 is 17.6 Å². The fraction of sp³-hybridized carbons (Fsp3) is 0.310. The Hall–Kier alpha value is -3.48. The maximum Gasteiger partial charge on any atom is 0.264 e. The van der Waals surface area contributed by atoms with Crippen LogP contribution in [0.5, 0.6) is 0 Å². The van der Waals surface area contributed by atoms with Crippen molar-refractivity contribution in [1.82, 2.24) is 10.2 Å². The third-order valence-corrected chi connectivity index (χ3v) is 7.40. The summed E-state index contributed by atoms with van der Waals surface area (Å²) in [5.41, 5.74) is 10.1. The summed E-state index contributed by atoms with van der Waals surface area (Å²) in [6, 6.07) is 20.4. The Morgan fingerprint density at radius 3 is 2.31 bits per heavy atom. The van der Waals surface area contributed by atoms with Gasteiger partial charge in [-0.3, -0.25) is 9.59 Å². The normalized spacial score (nSPS) is 17.7. The average Bonchev–Trinajstić information content (AvgIpc) is 3.49. The van der Waals surface area contributed by atoms with Crippen molar-refractivity contribution in [2.75, 3.05) is 6.54 Å². The van der Waals surface area contributed by atoms with Crippen molar-refractivity contribution in [2.24, 2.45) is 5.73 Å². The highest BCUT2D eigenvalue weighted by molar-refractivity contribution is 6.00. The minimum Gasteiger partial charge on any atom is -0.372 e. The zero-order valence-corrected chi connectivity index (χ0v) is 20.0. The topological polar surface area (TPSA) is 95.7 Å². The number of fused-ring (bicyclic) bond motifs is 3. The third-order valence-electron chi connectivity index (χ3n) is 7.40. The fourth-order valence-electron chi connectivity index (χ4n) is 5.50. The number of aliphatic hydroxyl groups is 1. The molecule has 0 spiro atoms. The monoisotopic (exact) mass is 469 g/mol. The first-order valence-corrected chi connectivity index (χ1v) is 12.3. The Kier molecular flexibility index (Phi) is 6.17. The number of aryl methyl sites for hydroxylation is 1. The number of likely N-dealkylation sites (tertiary alicyclic amines) is 1. The molecule has 6 heteroatoms. The SMILES string of the molecule is CCc1ccc(CN)c(CNC(=O)[C@@H]2CCCN2C(=O)C2(O)c3ccccc3-c3ccccc32)c1. The summed E-state index contributed by atoms with van der Waals surface area (Å²) in [6.45, 7) is 3.28. The van der Waals surface area contributed by atoms with E-state index in [2.05, 4.69) is 24.4 Å². The number of nitrogens with zero attached hydrogens (tertiary/aromatic N) is 1. The van der Waals surface area contributed by atoms with Gasteiger partial charge in [-0.2, -0.15) is 0 Å². The van der Waals surface area contributed by atoms with E-state index in [9.17, 15) is 14.7 Å². The van der Waals surface area contributed by atoms with Crippen LogP contribution in [-0.4, -0.2) is 34.4 Å². The number of nitrogens with one attached hydrogen (secondary N) is 1. The lowest BCUT2D eigenvalue weighted by Crippen LogP contribution is -2.52. The number of carbonyl (C=O) groups excluding carboxylic acids is 2. The molecule has 1 aliphatic heterocycles. The molecule has 6 nitrogen and oxygen atoms in total. The molecule has 3 aromatic rings. The van der Waals surface area contributed by atoms with Crippen molar-refractivity contribution < 1.29 is 14.7 Å². The van der Waals surface area contributed by atoms with Gasteiger partial charge in [-0.15, -0.1) is 0 Å². The molecule has 1 aliphatic carbocycles. The maximum atomic E-state index is 13.9. The molecule has 0 radical (unpaired) electrons. The number of rotatable bonds is 6. The van der Waals surface area contributed by atoms with Gasteiger partial charge in [0.1, 0.15) is 6.04 Å². The van der Waals surface area contributed by atoms with Gasteiger partial charge in [-0.1, -0.05) is 73.7 Å². The highest BCUT2D eigenvalue weighted by Crippen LogP contribution is 2.48. The summed E-state index contributed by atoms with van der Waals surface area (Å²) in [7, 11) is 0. The maximum absolute atomic E-state index is 13.9. The Morgan fingerprint density at radius 2 is 1.69 bits per heavy atom. The highest BCUT2D eigenvalue weighted by atomic mass is 16.3. The summed E-state index contributed by atoms with van der Waals surface area (Å²) < 4.78 is 0. The minimum atomic E-state index is -1.81. The molecule has 1 fully saturated rings. The quantitative estimate of drug-likeness (QED) is 0.517. The van der Waals surface area contributed by atoms with Gasteiger partial charge < -0.3 is 21.1 Å². The standard InChI is InChI=1S/C29H31N3O3/c1-2-19-13-14-20(17-30)21(16-19)18-31-27(33)26-12-7-15-32(26)28(34)29(35)24-10-5-3-8-22(24)23-9-4-6-11-25(23)29/h3-6,8-11,13-14,16,26,35H,2,7,12,15,17-18,30H2,1H3,(H,31,33)/t26-/m0/s1. The molecule has 5 rings (SSSR count). The molecule has 2 aliphatic rings. The van der Waals surface area contributed by atoms with Crippen LogP contribution in [0.3, 0.4) is 0 Å². The van der Waals surface area contributed by atoms with Gasteiger partial charge in [0, 0.05) is 30.8 Å². The van der Waals surface area contributed by atoms with Gasteiger partial charge in [0.2, 0.25) is 5.91 Å². The van der Waals surface area contributed by atoms with Crippen molar-refractivity contribution in [3.63, 3.8) is 0 Å². The van der Waals surface area contributed by atoms with Crippen LogP contribution < -0.4 is 11.1 Å². The smallest absolute Gasteiger partial charge is 0.264 e. The largest absolute Gasteiger partial charge is 0.372 e. The second kappa shape index (κ2) is 9.29. The first-order chi connectivity index (χ1) is 17.0. The zero-order valence-electron chi connectivity index (χ0n) is 20.0. The summed E-state index contributed by atoms with van der Waals surface area (Å²) in [6.07, 6.45) is 2.18. The summed E-state index contributed by atoms with van der Waals surface area (Å²) in [5.74, 6) is -0.646. The molecule has 35 heavy (non-hydrogen) atoms. The van der Waals surface area contributed by atoms with Crippen LogP contribution in [0.2, 0.25) is 0 Å². The average molecular weight is 470 g/mol. The van der Waals surface area contributed by atoms with Crippen molar-refractivity contribution in [3.05, 3.63) is 94.5 Å². The molecule has 0 saturated carbocycles. The molecule has 3 aromatic carbocycles. The van der Waals surface area contributed by atoms with E-state index in [1.165, 1.54) is 5.56 Å². The van der Waals surface area contributed by atoms with Crippen molar-refractivity contribution in [3.8, 4) is 11.1 Å². The van der Waals surface area contributed by atoms with Crippen LogP contribution in [0.25, 0.3) is 11.1 Å². The Labute approximate surface area is 205 Å². The van der Waals surface area contributed by atoms with E-state index in [0.717, 1.165) is 28.7 Å². The van der Waals surface area contributed by atoms with Gasteiger partial charge in [-0.05, 0) is 47.1 Å². The van der Waals surface area contributed by atoms with Crippen LogP contribution in [0.4, 0.5) is 0 Å². The number of amides is 2. The third kappa shape index (κ3) is 3.83. The van der Waals surface area contributed by atoms with Crippen LogP contribution >= 0.6 is 0 Å². The van der Waals surface area contributed by atoms with E-state index in [4.69, 9.17) is 5.73 Å². The first kappa shape index (κ1) is 23.3. The molecule has 1 heterocycles. The van der Waals surface area contributed by atoms with Gasteiger partial charge in [0.05, 0.1) is 0 Å². The fourth-order valence-corrected chi connectivity index (χ4v) is 5.50. The number of hydrogen-bond donors (Lipinski definition) is 3. The van der Waals surface area contributed by atoms with E-state index in [0.29, 0.717) is 43.6 Å². The number of benzene rings is 3. The van der Waals surface area contributed by atoms with Gasteiger partial charge in [0.15, 0.2) is 5.60 Å². The lowest BCUT2D eigenvalue weighted by Gasteiger charge is -2.33. The Morgan fingerprint density at radius 1 is 1.03 bits per heavy atom. The predicted molar refractivity (Wildman–Crippen MR) is 135 cm³/mol. The zero-order chi connectivity index (χ0) is 24.6. The van der Waals surface area contributed by atoms with E-state index in [1.807, 2.05) is 42.5 Å². The molecule has 0 aromatic heterocycles. The molecule has 0 bridgehead atoms. The number of nitrogens with two attached hydrogens (primary N) is 1. The summed E-state index contributed by atoms with van der Waals surface area (Å²) >= 11 is 0. The summed E-state index contributed by atoms with van der Waals surface area (Å²) in [4.78, 5) is 28.8. The first-order valence-electron chi connectivity index (χ1n) is 12.3. The van der Waals surface area contributed by atoms with Crippen LogP contribution in [0, 0.1) is 0 Å². The molecule has 1 saturated heterocycles. The molecule has 4 N–H and O–H groups in total. The van der Waals surface area contributed by atoms with Gasteiger partial charge in [0.25, 0.3) is 5.91 Å². The minimum absolute atomic E-state index is 0.205. The predicted octanol–water partition coefficient (Wildman–Crippen LogP) is 3.23. The summed E-state index contributed by atoms with van der Waals surface area (Å²) in [5, 5.41) is 14.9. The molecule has 180 valence electrons. The van der Waals surface area contributed by atoms with Gasteiger partial charge in [-0.25, -0.2) is 0 Å². The second-order valence-corrected chi connectivity index (χ2v) is 9.34. The Bertz CT molecular complexity index is 1240. The molecule has 0 unspecified atom stereocenters. The lowest BCUT2D eigenvalue weighted by atomic mass is 9.89. The van der Waals surface area contributed by atoms with Crippen molar-refractivity contribution in [1.29, 1.82) is 0 Å². The van der Waals surface area contributed by atoms with Crippen LogP contribution in [0.15, 0.2) is 66.7 Å². The van der Waals surface area contributed by atoms with E-state index >= 15 is 0 Å². The second-order valence-electron chi connectivity index (χ2n) is 9.34. The highest BCUT2D eigenvalue weighted by Gasteiger charge is 2.52. The van der Waals surface area contributed by atoms with Gasteiger partial charge >= 0.3 is 0 Å². The van der Waals surface area contributed by atoms with Crippen molar-refractivity contribution >= 4 is 11.8 Å². The number of hydrogen-bond acceptors (Lipinski definition) is 4. The van der Waals surface area contributed by atoms with E-state index in [1.54, 1.807) is 17.0 Å². The van der Waals surface area contributed by atoms with Crippen LogP contribution in [-0.2, 0) is 34.7 Å².